The minimum absolute atomic E-state index is 0.0306. The summed E-state index contributed by atoms with van der Waals surface area (Å²) in [5.41, 5.74) is 2.18. The topological polar surface area (TPSA) is 104 Å². The van der Waals surface area contributed by atoms with Gasteiger partial charge in [0.2, 0.25) is 11.9 Å². The summed E-state index contributed by atoms with van der Waals surface area (Å²) in [5.74, 6) is -0.0783. The van der Waals surface area contributed by atoms with E-state index in [1.165, 1.54) is 0 Å². The number of carbonyl (C=O) groups is 2. The fourth-order valence-corrected chi connectivity index (χ4v) is 6.51. The third kappa shape index (κ3) is 6.02. The third-order valence-electron chi connectivity index (χ3n) is 8.59. The van der Waals surface area contributed by atoms with E-state index < -0.39 is 19.0 Å². The number of Topliss-reactive ketones (excluding diaryl/α,β-unsaturated/α-hetero) is 1. The summed E-state index contributed by atoms with van der Waals surface area (Å²) in [5, 5.41) is 12.0. The first-order valence-corrected chi connectivity index (χ1v) is 14.1. The smallest absolute Gasteiger partial charge is 0.368 e. The van der Waals surface area contributed by atoms with Crippen molar-refractivity contribution in [1.29, 1.82) is 0 Å². The molecule has 2 atom stereocenters. The van der Waals surface area contributed by atoms with E-state index in [-0.39, 0.29) is 36.0 Å². The lowest BCUT2D eigenvalue weighted by Crippen LogP contribution is -2.48. The summed E-state index contributed by atoms with van der Waals surface area (Å²) in [4.78, 5) is 36.3. The maximum Gasteiger partial charge on any atom is 0.389 e. The summed E-state index contributed by atoms with van der Waals surface area (Å²) in [7, 11) is 2.05. The minimum atomic E-state index is -4.31. The largest absolute Gasteiger partial charge is 0.389 e. The number of halogens is 3. The summed E-state index contributed by atoms with van der Waals surface area (Å²) >= 11 is 0. The number of ketones is 1. The fraction of sp³-hybridized carbons (Fsp3) is 0.593. The van der Waals surface area contributed by atoms with E-state index in [0.29, 0.717) is 43.5 Å². The van der Waals surface area contributed by atoms with Crippen molar-refractivity contribution in [2.75, 3.05) is 56.5 Å². The summed E-state index contributed by atoms with van der Waals surface area (Å²) in [6.45, 7) is 4.50. The number of carbonyl (C=O) groups excluding carboxylic acids is 2. The molecule has 0 radical (unpaired) electrons. The number of rotatable bonds is 8. The molecular weight excluding hydrogens is 539 g/mol. The van der Waals surface area contributed by atoms with Gasteiger partial charge in [-0.3, -0.25) is 14.3 Å². The molecule has 5 heterocycles. The number of hydrogen-bond donors (Lipinski definition) is 1. The highest BCUT2D eigenvalue weighted by atomic mass is 19.4. The van der Waals surface area contributed by atoms with Crippen LogP contribution in [0.25, 0.3) is 5.65 Å². The highest BCUT2D eigenvalue weighted by Gasteiger charge is 2.46. The second kappa shape index (κ2) is 11.0. The number of nitrogens with one attached hydrogen (secondary N) is 1. The predicted molar refractivity (Wildman–Crippen MR) is 145 cm³/mol. The maximum atomic E-state index is 12.7. The van der Waals surface area contributed by atoms with E-state index in [2.05, 4.69) is 25.3 Å². The molecule has 1 N–H and O–H groups in total. The Morgan fingerprint density at radius 3 is 2.54 bits per heavy atom. The number of anilines is 3. The molecular formula is C27H34F3N9O2. The van der Waals surface area contributed by atoms with Gasteiger partial charge in [-0.1, -0.05) is 0 Å². The van der Waals surface area contributed by atoms with Gasteiger partial charge in [0, 0.05) is 64.0 Å². The number of pyridine rings is 1. The molecule has 220 valence electrons. The fourth-order valence-electron chi connectivity index (χ4n) is 6.51. The van der Waals surface area contributed by atoms with Crippen molar-refractivity contribution in [2.45, 2.75) is 38.4 Å². The van der Waals surface area contributed by atoms with Crippen molar-refractivity contribution in [1.82, 2.24) is 34.2 Å². The zero-order chi connectivity index (χ0) is 28.7. The number of piperazine rings is 1. The van der Waals surface area contributed by atoms with Crippen LogP contribution >= 0.6 is 0 Å². The quantitative estimate of drug-likeness (QED) is 0.439. The van der Waals surface area contributed by atoms with Crippen molar-refractivity contribution in [2.24, 2.45) is 17.8 Å². The van der Waals surface area contributed by atoms with Crippen molar-refractivity contribution < 1.29 is 22.8 Å². The van der Waals surface area contributed by atoms with Crippen molar-refractivity contribution in [3.05, 3.63) is 30.7 Å². The van der Waals surface area contributed by atoms with Gasteiger partial charge in [0.15, 0.2) is 5.65 Å². The molecule has 3 fully saturated rings. The minimum Gasteiger partial charge on any atom is -0.368 e. The SMILES string of the molecule is CN1CCN(C(=O)Cn2cc(Nc3nc4c(N5CC6CCC(C5)C6C(=O)CCC(F)(F)F)cccn4n3)cn2)CC1. The highest BCUT2D eigenvalue weighted by Crippen LogP contribution is 2.45. The van der Waals surface area contributed by atoms with E-state index in [9.17, 15) is 22.8 Å². The number of amides is 1. The van der Waals surface area contributed by atoms with Crippen LogP contribution in [0.4, 0.5) is 30.5 Å². The molecule has 2 saturated heterocycles. The molecule has 41 heavy (non-hydrogen) atoms. The molecule has 1 aliphatic carbocycles. The maximum absolute atomic E-state index is 12.7. The van der Waals surface area contributed by atoms with Gasteiger partial charge < -0.3 is 20.0 Å². The Kier molecular flexibility index (Phi) is 7.34. The number of alkyl halides is 3. The van der Waals surface area contributed by atoms with Crippen molar-refractivity contribution in [3.63, 3.8) is 0 Å². The summed E-state index contributed by atoms with van der Waals surface area (Å²) in [6.07, 6.45) is 1.06. The van der Waals surface area contributed by atoms with E-state index in [0.717, 1.165) is 31.6 Å². The van der Waals surface area contributed by atoms with Crippen LogP contribution in [0.5, 0.6) is 0 Å². The van der Waals surface area contributed by atoms with Crippen LogP contribution in [-0.4, -0.2) is 98.4 Å². The lowest BCUT2D eigenvalue weighted by atomic mass is 9.80. The Bertz CT molecular complexity index is 1400. The van der Waals surface area contributed by atoms with Gasteiger partial charge in [-0.05, 0) is 43.9 Å². The second-order valence-corrected chi connectivity index (χ2v) is 11.4. The first kappa shape index (κ1) is 27.5. The predicted octanol–water partition coefficient (Wildman–Crippen LogP) is 2.82. The van der Waals surface area contributed by atoms with Gasteiger partial charge in [0.1, 0.15) is 12.3 Å². The van der Waals surface area contributed by atoms with Gasteiger partial charge in [-0.25, -0.2) is 4.52 Å². The van der Waals surface area contributed by atoms with Crippen LogP contribution in [0.2, 0.25) is 0 Å². The molecule has 3 aliphatic rings. The lowest BCUT2D eigenvalue weighted by molar-refractivity contribution is -0.146. The van der Waals surface area contributed by atoms with Crippen molar-refractivity contribution >= 4 is 34.7 Å². The highest BCUT2D eigenvalue weighted by molar-refractivity contribution is 5.83. The molecule has 3 aromatic rings. The number of likely N-dealkylation sites (N-methyl/N-ethyl adjacent to an activating group) is 1. The van der Waals surface area contributed by atoms with Gasteiger partial charge >= 0.3 is 6.18 Å². The molecule has 11 nitrogen and oxygen atoms in total. The molecule has 2 aliphatic heterocycles. The molecule has 2 unspecified atom stereocenters. The normalized spacial score (nSPS) is 23.4. The molecule has 6 rings (SSSR count). The van der Waals surface area contributed by atoms with E-state index >= 15 is 0 Å². The molecule has 3 aromatic heterocycles. The third-order valence-corrected chi connectivity index (χ3v) is 8.59. The Labute approximate surface area is 235 Å². The summed E-state index contributed by atoms with van der Waals surface area (Å²) in [6, 6.07) is 3.84. The van der Waals surface area contributed by atoms with E-state index in [1.54, 1.807) is 27.8 Å². The second-order valence-electron chi connectivity index (χ2n) is 11.4. The van der Waals surface area contributed by atoms with Crippen LogP contribution in [0.15, 0.2) is 30.7 Å². The Balaban J connectivity index is 1.11. The zero-order valence-electron chi connectivity index (χ0n) is 22.9. The summed E-state index contributed by atoms with van der Waals surface area (Å²) < 4.78 is 41.4. The standard InChI is InChI=1S/C27H34F3N9O2/c1-35-9-11-36(12-10-35)23(41)17-38-16-20(13-31-38)32-26-33-25-21(3-2-8-39(25)34-26)37-14-18-4-5-19(15-37)24(18)22(40)6-7-27(28,29)30/h2-3,8,13,16,18-19,24H,4-7,9-12,14-15,17H2,1H3,(H,32,34). The van der Waals surface area contributed by atoms with Crippen molar-refractivity contribution in [3.8, 4) is 0 Å². The van der Waals surface area contributed by atoms with Gasteiger partial charge in [0.25, 0.3) is 0 Å². The van der Waals surface area contributed by atoms with Crippen LogP contribution < -0.4 is 10.2 Å². The number of piperidine rings is 1. The first-order valence-electron chi connectivity index (χ1n) is 14.1. The van der Waals surface area contributed by atoms with E-state index in [4.69, 9.17) is 4.98 Å². The average molecular weight is 574 g/mol. The van der Waals surface area contributed by atoms with Crippen LogP contribution in [0.1, 0.15) is 25.7 Å². The lowest BCUT2D eigenvalue weighted by Gasteiger charge is -2.38. The zero-order valence-corrected chi connectivity index (χ0v) is 22.9. The monoisotopic (exact) mass is 573 g/mol. The van der Waals surface area contributed by atoms with Crippen LogP contribution in [0.3, 0.4) is 0 Å². The molecule has 1 saturated carbocycles. The van der Waals surface area contributed by atoms with E-state index in [1.807, 2.05) is 24.1 Å². The van der Waals surface area contributed by atoms with Gasteiger partial charge in [-0.2, -0.15) is 23.3 Å². The number of fused-ring (bicyclic) bond motifs is 3. The molecule has 0 spiro atoms. The average Bonchev–Trinajstić information content (AvgIpc) is 3.62. The van der Waals surface area contributed by atoms with Gasteiger partial charge in [-0.15, -0.1) is 5.10 Å². The molecule has 0 aromatic carbocycles. The molecule has 14 heteroatoms. The number of aromatic nitrogens is 5. The van der Waals surface area contributed by atoms with Crippen LogP contribution in [-0.2, 0) is 16.1 Å². The molecule has 2 bridgehead atoms. The van der Waals surface area contributed by atoms with Crippen LogP contribution in [0, 0.1) is 17.8 Å². The molecule has 1 amide bonds. The Hall–Kier alpha value is -3.68. The number of hydrogen-bond acceptors (Lipinski definition) is 8. The number of nitrogens with zero attached hydrogens (tertiary/aromatic N) is 8. The Morgan fingerprint density at radius 1 is 1.10 bits per heavy atom. The first-order chi connectivity index (χ1) is 19.6. The Morgan fingerprint density at radius 2 is 1.83 bits per heavy atom. The van der Waals surface area contributed by atoms with Gasteiger partial charge in [0.05, 0.1) is 24.0 Å².